The van der Waals surface area contributed by atoms with Crippen LogP contribution in [0.2, 0.25) is 5.02 Å². The second kappa shape index (κ2) is 6.31. The summed E-state index contributed by atoms with van der Waals surface area (Å²) < 4.78 is 62.9. The summed E-state index contributed by atoms with van der Waals surface area (Å²) in [6, 6.07) is 9.67. The summed E-state index contributed by atoms with van der Waals surface area (Å²) in [4.78, 5) is 0.252. The SMILES string of the molecule is O=S(=O)(Cl)c1ccc(-c2cc(C(F)(F)F)nn2-c2ccccc2Cl)s1. The smallest absolute Gasteiger partial charge is 0.230 e. The second-order valence-corrected chi connectivity index (χ2v) is 9.12. The Bertz CT molecular complexity index is 1040. The van der Waals surface area contributed by atoms with Gasteiger partial charge in [0.1, 0.15) is 4.21 Å². The van der Waals surface area contributed by atoms with Gasteiger partial charge >= 0.3 is 6.18 Å². The third kappa shape index (κ3) is 3.69. The normalized spacial score (nSPS) is 12.5. The Balaban J connectivity index is 2.24. The van der Waals surface area contributed by atoms with Gasteiger partial charge in [0.15, 0.2) is 5.69 Å². The fraction of sp³-hybridized carbons (Fsp3) is 0.0714. The van der Waals surface area contributed by atoms with Gasteiger partial charge in [-0.25, -0.2) is 13.1 Å². The summed E-state index contributed by atoms with van der Waals surface area (Å²) in [5.41, 5.74) is -0.832. The Kier molecular flexibility index (Phi) is 4.61. The lowest BCUT2D eigenvalue weighted by atomic mass is 10.2. The van der Waals surface area contributed by atoms with Gasteiger partial charge in [0, 0.05) is 10.7 Å². The van der Waals surface area contributed by atoms with E-state index in [1.807, 2.05) is 0 Å². The van der Waals surface area contributed by atoms with Gasteiger partial charge in [0.2, 0.25) is 0 Å². The van der Waals surface area contributed by atoms with Crippen LogP contribution in [-0.4, -0.2) is 18.2 Å². The van der Waals surface area contributed by atoms with Gasteiger partial charge in [0.25, 0.3) is 9.05 Å². The van der Waals surface area contributed by atoms with Crippen molar-refractivity contribution in [2.75, 3.05) is 0 Å². The van der Waals surface area contributed by atoms with Crippen molar-refractivity contribution >= 4 is 42.7 Å². The summed E-state index contributed by atoms with van der Waals surface area (Å²) >= 11 is 6.80. The first-order valence-electron chi connectivity index (χ1n) is 6.54. The van der Waals surface area contributed by atoms with Crippen LogP contribution in [0.15, 0.2) is 46.7 Å². The number of rotatable bonds is 3. The highest BCUT2D eigenvalue weighted by Crippen LogP contribution is 2.38. The molecule has 1 aromatic carbocycles. The van der Waals surface area contributed by atoms with Crippen molar-refractivity contribution in [2.24, 2.45) is 0 Å². The molecule has 25 heavy (non-hydrogen) atoms. The van der Waals surface area contributed by atoms with Crippen molar-refractivity contribution in [2.45, 2.75) is 10.4 Å². The lowest BCUT2D eigenvalue weighted by Gasteiger charge is -2.08. The molecule has 2 heterocycles. The Morgan fingerprint density at radius 2 is 1.80 bits per heavy atom. The number of halogens is 5. The Labute approximate surface area is 153 Å². The van der Waals surface area contributed by atoms with Gasteiger partial charge in [-0.1, -0.05) is 23.7 Å². The zero-order chi connectivity index (χ0) is 18.4. The summed E-state index contributed by atoms with van der Waals surface area (Å²) in [6.45, 7) is 0. The number of benzene rings is 1. The molecule has 0 aliphatic heterocycles. The standard InChI is InChI=1S/C14H7Cl2F3N2O2S2/c15-8-3-1-2-4-9(8)21-10(7-12(20-21)14(17,18)19)11-5-6-13(24-11)25(16,22)23/h1-7H. The average molecular weight is 427 g/mol. The molecule has 3 aromatic rings. The molecule has 0 spiro atoms. The van der Waals surface area contributed by atoms with Gasteiger partial charge in [-0.15, -0.1) is 11.3 Å². The minimum absolute atomic E-state index is 0.0528. The maximum absolute atomic E-state index is 13.1. The number of para-hydroxylation sites is 1. The van der Waals surface area contributed by atoms with E-state index in [1.54, 1.807) is 12.1 Å². The zero-order valence-electron chi connectivity index (χ0n) is 12.0. The summed E-state index contributed by atoms with van der Waals surface area (Å²) in [5, 5.41) is 3.79. The first kappa shape index (κ1) is 18.2. The molecular weight excluding hydrogens is 420 g/mol. The third-order valence-electron chi connectivity index (χ3n) is 3.15. The van der Waals surface area contributed by atoms with E-state index in [-0.39, 0.29) is 25.5 Å². The monoisotopic (exact) mass is 426 g/mol. The molecule has 0 amide bonds. The van der Waals surface area contributed by atoms with E-state index in [0.29, 0.717) is 0 Å². The van der Waals surface area contributed by atoms with Crippen LogP contribution in [0.5, 0.6) is 0 Å². The van der Waals surface area contributed by atoms with Crippen LogP contribution in [0.1, 0.15) is 5.69 Å². The van der Waals surface area contributed by atoms with E-state index in [1.165, 1.54) is 24.3 Å². The predicted molar refractivity (Wildman–Crippen MR) is 89.9 cm³/mol. The molecule has 0 bridgehead atoms. The number of nitrogens with zero attached hydrogens (tertiary/aromatic N) is 2. The Hall–Kier alpha value is -1.55. The van der Waals surface area contributed by atoms with Gasteiger partial charge in [-0.05, 0) is 30.3 Å². The number of alkyl halides is 3. The molecule has 0 atom stereocenters. The molecule has 2 aromatic heterocycles. The van der Waals surface area contributed by atoms with E-state index in [9.17, 15) is 21.6 Å². The highest BCUT2D eigenvalue weighted by Gasteiger charge is 2.35. The van der Waals surface area contributed by atoms with E-state index in [2.05, 4.69) is 5.10 Å². The Morgan fingerprint density at radius 3 is 2.36 bits per heavy atom. The molecule has 11 heteroatoms. The fourth-order valence-electron chi connectivity index (χ4n) is 2.09. The Morgan fingerprint density at radius 1 is 1.12 bits per heavy atom. The van der Waals surface area contributed by atoms with Crippen LogP contribution in [-0.2, 0) is 15.2 Å². The average Bonchev–Trinajstić information content (AvgIpc) is 3.13. The quantitative estimate of drug-likeness (QED) is 0.540. The number of aromatic nitrogens is 2. The molecule has 0 fully saturated rings. The third-order valence-corrected chi connectivity index (χ3v) is 6.67. The lowest BCUT2D eigenvalue weighted by molar-refractivity contribution is -0.141. The van der Waals surface area contributed by atoms with Crippen molar-refractivity contribution in [1.29, 1.82) is 0 Å². The van der Waals surface area contributed by atoms with Crippen LogP contribution < -0.4 is 0 Å². The summed E-state index contributed by atoms with van der Waals surface area (Å²) in [6.07, 6.45) is -4.67. The lowest BCUT2D eigenvalue weighted by Crippen LogP contribution is -2.07. The van der Waals surface area contributed by atoms with Gasteiger partial charge in [-0.2, -0.15) is 18.3 Å². The molecule has 0 unspecified atom stereocenters. The second-order valence-electron chi connectivity index (χ2n) is 4.83. The van der Waals surface area contributed by atoms with Gasteiger partial charge in [0.05, 0.1) is 21.3 Å². The van der Waals surface area contributed by atoms with Crippen molar-refractivity contribution in [3.05, 3.63) is 53.2 Å². The van der Waals surface area contributed by atoms with Crippen molar-refractivity contribution in [3.8, 4) is 16.3 Å². The van der Waals surface area contributed by atoms with Crippen LogP contribution in [0.25, 0.3) is 16.3 Å². The first-order valence-corrected chi connectivity index (χ1v) is 10.0. The predicted octanol–water partition coefficient (Wildman–Crippen LogP) is 5.20. The molecule has 0 aliphatic carbocycles. The van der Waals surface area contributed by atoms with Crippen LogP contribution in [0.3, 0.4) is 0 Å². The molecule has 3 rings (SSSR count). The van der Waals surface area contributed by atoms with Crippen molar-refractivity contribution in [1.82, 2.24) is 9.78 Å². The minimum atomic E-state index is -4.67. The van der Waals surface area contributed by atoms with Gasteiger partial charge in [-0.3, -0.25) is 0 Å². The summed E-state index contributed by atoms with van der Waals surface area (Å²) in [7, 11) is 1.29. The van der Waals surface area contributed by atoms with Crippen molar-refractivity contribution in [3.63, 3.8) is 0 Å². The summed E-state index contributed by atoms with van der Waals surface area (Å²) in [5.74, 6) is 0. The maximum Gasteiger partial charge on any atom is 0.435 e. The van der Waals surface area contributed by atoms with E-state index >= 15 is 0 Å². The molecule has 0 aliphatic rings. The first-order chi connectivity index (χ1) is 11.6. The van der Waals surface area contributed by atoms with Gasteiger partial charge < -0.3 is 0 Å². The minimum Gasteiger partial charge on any atom is -0.230 e. The van der Waals surface area contributed by atoms with Crippen LogP contribution in [0.4, 0.5) is 13.2 Å². The maximum atomic E-state index is 13.1. The molecule has 0 saturated carbocycles. The molecule has 0 radical (unpaired) electrons. The molecule has 0 saturated heterocycles. The van der Waals surface area contributed by atoms with E-state index in [4.69, 9.17) is 22.3 Å². The molecule has 0 N–H and O–H groups in total. The van der Waals surface area contributed by atoms with Crippen LogP contribution >= 0.6 is 33.6 Å². The molecule has 132 valence electrons. The van der Waals surface area contributed by atoms with E-state index < -0.39 is 20.9 Å². The van der Waals surface area contributed by atoms with Crippen LogP contribution in [0, 0.1) is 0 Å². The molecule has 4 nitrogen and oxygen atoms in total. The van der Waals surface area contributed by atoms with E-state index in [0.717, 1.165) is 22.1 Å². The number of hydrogen-bond acceptors (Lipinski definition) is 4. The largest absolute Gasteiger partial charge is 0.435 e. The van der Waals surface area contributed by atoms with Crippen molar-refractivity contribution < 1.29 is 21.6 Å². The highest BCUT2D eigenvalue weighted by molar-refractivity contribution is 8.15. The fourth-order valence-corrected chi connectivity index (χ4v) is 4.38. The topological polar surface area (TPSA) is 52.0 Å². The number of thiophene rings is 1. The molecular formula is C14H7Cl2F3N2O2S2. The highest BCUT2D eigenvalue weighted by atomic mass is 35.7. The zero-order valence-corrected chi connectivity index (χ0v) is 15.1. The number of hydrogen-bond donors (Lipinski definition) is 0.